The summed E-state index contributed by atoms with van der Waals surface area (Å²) in [5.41, 5.74) is 0.277. The summed E-state index contributed by atoms with van der Waals surface area (Å²) in [6, 6.07) is 7.90. The molecule has 106 valence electrons. The van der Waals surface area contributed by atoms with Gasteiger partial charge in [0, 0.05) is 25.0 Å². The quantitative estimate of drug-likeness (QED) is 0.886. The maximum Gasteiger partial charge on any atom is 0.137 e. The molecule has 1 aliphatic rings. The van der Waals surface area contributed by atoms with E-state index in [9.17, 15) is 5.11 Å². The van der Waals surface area contributed by atoms with E-state index in [0.29, 0.717) is 6.54 Å². The third-order valence-electron chi connectivity index (χ3n) is 4.05. The molecule has 5 nitrogen and oxygen atoms in total. The van der Waals surface area contributed by atoms with Crippen LogP contribution in [0.4, 0.5) is 5.82 Å². The summed E-state index contributed by atoms with van der Waals surface area (Å²) in [5.74, 6) is 0.794. The van der Waals surface area contributed by atoms with Crippen molar-refractivity contribution in [3.8, 4) is 0 Å². The number of anilines is 1. The zero-order chi connectivity index (χ0) is 14.0. The maximum absolute atomic E-state index is 10.6. The molecule has 20 heavy (non-hydrogen) atoms. The fourth-order valence-electron chi connectivity index (χ4n) is 2.61. The van der Waals surface area contributed by atoms with Crippen LogP contribution in [0.15, 0.2) is 30.6 Å². The molecule has 3 rings (SSSR count). The number of likely N-dealkylation sites (tertiary alicyclic amines) is 1. The number of hydrogen-bond donors (Lipinski definition) is 2. The lowest BCUT2D eigenvalue weighted by Crippen LogP contribution is -2.47. The first kappa shape index (κ1) is 13.3. The second-order valence-electron chi connectivity index (χ2n) is 5.62. The van der Waals surface area contributed by atoms with E-state index >= 15 is 0 Å². The Labute approximate surface area is 118 Å². The van der Waals surface area contributed by atoms with Crippen molar-refractivity contribution in [3.05, 3.63) is 30.6 Å². The Morgan fingerprint density at radius 2 is 2.00 bits per heavy atom. The smallest absolute Gasteiger partial charge is 0.137 e. The van der Waals surface area contributed by atoms with Crippen molar-refractivity contribution < 1.29 is 5.11 Å². The Kier molecular flexibility index (Phi) is 3.54. The Bertz CT molecular complexity index is 588. The number of nitrogens with one attached hydrogen (secondary N) is 1. The number of nitrogens with zero attached hydrogens (tertiary/aromatic N) is 3. The lowest BCUT2D eigenvalue weighted by molar-refractivity contribution is -0.00406. The third-order valence-corrected chi connectivity index (χ3v) is 4.05. The van der Waals surface area contributed by atoms with Gasteiger partial charge in [-0.05, 0) is 32.0 Å². The van der Waals surface area contributed by atoms with Crippen molar-refractivity contribution in [2.24, 2.45) is 0 Å². The highest BCUT2D eigenvalue weighted by Crippen LogP contribution is 2.24. The Morgan fingerprint density at radius 1 is 1.25 bits per heavy atom. The van der Waals surface area contributed by atoms with E-state index in [2.05, 4.69) is 27.2 Å². The van der Waals surface area contributed by atoms with Gasteiger partial charge in [-0.15, -0.1) is 0 Å². The summed E-state index contributed by atoms with van der Waals surface area (Å²) in [4.78, 5) is 10.8. The van der Waals surface area contributed by atoms with Crippen molar-refractivity contribution in [1.29, 1.82) is 0 Å². The van der Waals surface area contributed by atoms with Crippen LogP contribution in [-0.4, -0.2) is 52.3 Å². The average molecular weight is 272 g/mol. The minimum atomic E-state index is -0.640. The molecule has 1 fully saturated rings. The largest absolute Gasteiger partial charge is 0.388 e. The lowest BCUT2D eigenvalue weighted by atomic mass is 9.91. The van der Waals surface area contributed by atoms with Gasteiger partial charge in [-0.3, -0.25) is 0 Å². The normalized spacial score (nSPS) is 19.1. The van der Waals surface area contributed by atoms with Gasteiger partial charge in [0.05, 0.1) is 11.1 Å². The van der Waals surface area contributed by atoms with Crippen LogP contribution in [0.25, 0.3) is 10.9 Å². The van der Waals surface area contributed by atoms with Gasteiger partial charge >= 0.3 is 0 Å². The second kappa shape index (κ2) is 5.34. The number of aromatic nitrogens is 2. The van der Waals surface area contributed by atoms with Crippen LogP contribution in [0, 0.1) is 0 Å². The van der Waals surface area contributed by atoms with Crippen molar-refractivity contribution in [1.82, 2.24) is 14.9 Å². The van der Waals surface area contributed by atoms with Crippen molar-refractivity contribution in [2.75, 3.05) is 32.0 Å². The van der Waals surface area contributed by atoms with Crippen molar-refractivity contribution in [2.45, 2.75) is 18.4 Å². The molecule has 0 radical (unpaired) electrons. The van der Waals surface area contributed by atoms with Gasteiger partial charge in [-0.25, -0.2) is 9.97 Å². The summed E-state index contributed by atoms with van der Waals surface area (Å²) in [6.45, 7) is 2.40. The van der Waals surface area contributed by atoms with E-state index in [1.54, 1.807) is 6.33 Å². The minimum absolute atomic E-state index is 0.530. The van der Waals surface area contributed by atoms with Crippen LogP contribution < -0.4 is 5.32 Å². The summed E-state index contributed by atoms with van der Waals surface area (Å²) in [5, 5.41) is 14.9. The molecule has 2 heterocycles. The highest BCUT2D eigenvalue weighted by Gasteiger charge is 2.31. The fourth-order valence-corrected chi connectivity index (χ4v) is 2.61. The maximum atomic E-state index is 10.6. The highest BCUT2D eigenvalue weighted by molar-refractivity contribution is 5.88. The first-order valence-electron chi connectivity index (χ1n) is 7.01. The van der Waals surface area contributed by atoms with Crippen molar-refractivity contribution in [3.63, 3.8) is 0 Å². The summed E-state index contributed by atoms with van der Waals surface area (Å²) in [7, 11) is 2.09. The SMILES string of the molecule is CN1CCC(O)(CNc2ncnc3ccccc23)CC1. The van der Waals surface area contributed by atoms with E-state index in [0.717, 1.165) is 42.7 Å². The molecule has 0 amide bonds. The van der Waals surface area contributed by atoms with Gasteiger partial charge in [0.25, 0.3) is 0 Å². The number of benzene rings is 1. The fraction of sp³-hybridized carbons (Fsp3) is 0.467. The molecule has 0 unspecified atom stereocenters. The molecule has 0 aliphatic carbocycles. The molecule has 0 bridgehead atoms. The molecule has 5 heteroatoms. The molecule has 1 aliphatic heterocycles. The topological polar surface area (TPSA) is 61.3 Å². The number of para-hydroxylation sites is 1. The number of aliphatic hydroxyl groups is 1. The van der Waals surface area contributed by atoms with Gasteiger partial charge in [-0.2, -0.15) is 0 Å². The first-order valence-corrected chi connectivity index (χ1v) is 7.01. The van der Waals surface area contributed by atoms with Crippen LogP contribution >= 0.6 is 0 Å². The Balaban J connectivity index is 1.74. The van der Waals surface area contributed by atoms with Gasteiger partial charge in [-0.1, -0.05) is 12.1 Å². The van der Waals surface area contributed by atoms with Crippen LogP contribution in [-0.2, 0) is 0 Å². The van der Waals surface area contributed by atoms with E-state index in [4.69, 9.17) is 0 Å². The average Bonchev–Trinajstić information content (AvgIpc) is 2.49. The van der Waals surface area contributed by atoms with Gasteiger partial charge < -0.3 is 15.3 Å². The Hall–Kier alpha value is -1.72. The monoisotopic (exact) mass is 272 g/mol. The molecule has 1 aromatic carbocycles. The molecule has 0 spiro atoms. The molecular formula is C15H20N4O. The lowest BCUT2D eigenvalue weighted by Gasteiger charge is -2.36. The van der Waals surface area contributed by atoms with Gasteiger partial charge in [0.15, 0.2) is 0 Å². The van der Waals surface area contributed by atoms with E-state index in [1.165, 1.54) is 0 Å². The summed E-state index contributed by atoms with van der Waals surface area (Å²) < 4.78 is 0. The van der Waals surface area contributed by atoms with Crippen LogP contribution in [0.3, 0.4) is 0 Å². The van der Waals surface area contributed by atoms with Crippen LogP contribution in [0.1, 0.15) is 12.8 Å². The standard InChI is InChI=1S/C15H20N4O/c1-19-8-6-15(20,7-9-19)10-16-14-12-4-2-3-5-13(12)17-11-18-14/h2-5,11,20H,6-10H2,1H3,(H,16,17,18). The molecular weight excluding hydrogens is 252 g/mol. The number of fused-ring (bicyclic) bond motifs is 1. The molecule has 0 saturated carbocycles. The third kappa shape index (κ3) is 2.73. The summed E-state index contributed by atoms with van der Waals surface area (Å²) in [6.07, 6.45) is 3.14. The second-order valence-corrected chi connectivity index (χ2v) is 5.62. The van der Waals surface area contributed by atoms with E-state index < -0.39 is 5.60 Å². The molecule has 1 saturated heterocycles. The minimum Gasteiger partial charge on any atom is -0.388 e. The molecule has 0 atom stereocenters. The number of rotatable bonds is 3. The summed E-state index contributed by atoms with van der Waals surface area (Å²) >= 11 is 0. The first-order chi connectivity index (χ1) is 9.66. The van der Waals surface area contributed by atoms with Gasteiger partial charge in [0.2, 0.25) is 0 Å². The van der Waals surface area contributed by atoms with Gasteiger partial charge in [0.1, 0.15) is 12.1 Å². The predicted octanol–water partition coefficient (Wildman–Crippen LogP) is 1.50. The predicted molar refractivity (Wildman–Crippen MR) is 79.7 cm³/mol. The Morgan fingerprint density at radius 3 is 2.80 bits per heavy atom. The highest BCUT2D eigenvalue weighted by atomic mass is 16.3. The molecule has 2 aromatic rings. The number of hydrogen-bond acceptors (Lipinski definition) is 5. The van der Waals surface area contributed by atoms with Crippen LogP contribution in [0.2, 0.25) is 0 Å². The van der Waals surface area contributed by atoms with Crippen LogP contribution in [0.5, 0.6) is 0 Å². The zero-order valence-electron chi connectivity index (χ0n) is 11.7. The number of piperidine rings is 1. The molecule has 1 aromatic heterocycles. The molecule has 2 N–H and O–H groups in total. The van der Waals surface area contributed by atoms with E-state index in [1.807, 2.05) is 24.3 Å². The van der Waals surface area contributed by atoms with Crippen molar-refractivity contribution >= 4 is 16.7 Å². The zero-order valence-corrected chi connectivity index (χ0v) is 11.7. The van der Waals surface area contributed by atoms with E-state index in [-0.39, 0.29) is 0 Å².